The van der Waals surface area contributed by atoms with Crippen molar-refractivity contribution in [3.63, 3.8) is 0 Å². The van der Waals surface area contributed by atoms with Crippen molar-refractivity contribution in [2.75, 3.05) is 72.3 Å². The van der Waals surface area contributed by atoms with Crippen LogP contribution in [0.15, 0.2) is 0 Å². The zero-order valence-electron chi connectivity index (χ0n) is 11.9. The Kier molecular flexibility index (Phi) is 7.09. The predicted molar refractivity (Wildman–Crippen MR) is 74.3 cm³/mol. The Labute approximate surface area is 116 Å². The molecular weight excluding hydrogens is 244 g/mol. The maximum Gasteiger partial charge on any atom is 0.0698 e. The number of ether oxygens (including phenoxy) is 2. The molecule has 1 N–H and O–H groups in total. The molecule has 0 bridgehead atoms. The number of rotatable bonds is 7. The van der Waals surface area contributed by atoms with Crippen LogP contribution in [0.4, 0.5) is 0 Å². The summed E-state index contributed by atoms with van der Waals surface area (Å²) < 4.78 is 10.7. The second kappa shape index (κ2) is 8.87. The van der Waals surface area contributed by atoms with Crippen molar-refractivity contribution in [3.05, 3.63) is 0 Å². The van der Waals surface area contributed by atoms with Gasteiger partial charge in [-0.1, -0.05) is 0 Å². The summed E-state index contributed by atoms with van der Waals surface area (Å²) in [5.74, 6) is 0.796. The van der Waals surface area contributed by atoms with E-state index in [2.05, 4.69) is 9.80 Å². The van der Waals surface area contributed by atoms with Crippen molar-refractivity contribution in [1.29, 1.82) is 0 Å². The number of nitrogens with zero attached hydrogens (tertiary/aromatic N) is 2. The van der Waals surface area contributed by atoms with Gasteiger partial charge in [-0.15, -0.1) is 0 Å². The third kappa shape index (κ3) is 5.75. The van der Waals surface area contributed by atoms with Crippen LogP contribution < -0.4 is 0 Å². The van der Waals surface area contributed by atoms with Gasteiger partial charge in [-0.05, 0) is 25.3 Å². The molecule has 0 amide bonds. The van der Waals surface area contributed by atoms with E-state index in [9.17, 15) is 0 Å². The molecule has 0 aliphatic carbocycles. The molecule has 0 saturated carbocycles. The van der Waals surface area contributed by atoms with Gasteiger partial charge in [-0.25, -0.2) is 0 Å². The van der Waals surface area contributed by atoms with Crippen molar-refractivity contribution >= 4 is 0 Å². The van der Waals surface area contributed by atoms with Crippen molar-refractivity contribution in [2.24, 2.45) is 5.92 Å². The Hall–Kier alpha value is -0.200. The smallest absolute Gasteiger partial charge is 0.0698 e. The van der Waals surface area contributed by atoms with Gasteiger partial charge in [0.05, 0.1) is 33.0 Å². The lowest BCUT2D eigenvalue weighted by atomic mass is 9.97. The van der Waals surface area contributed by atoms with Crippen LogP contribution in [0.2, 0.25) is 0 Å². The van der Waals surface area contributed by atoms with Gasteiger partial charge < -0.3 is 19.5 Å². The van der Waals surface area contributed by atoms with E-state index >= 15 is 0 Å². The van der Waals surface area contributed by atoms with Gasteiger partial charge in [-0.2, -0.15) is 0 Å². The largest absolute Gasteiger partial charge is 0.394 e. The molecule has 19 heavy (non-hydrogen) atoms. The average Bonchev–Trinajstić information content (AvgIpc) is 2.45. The number of morpholine rings is 1. The van der Waals surface area contributed by atoms with E-state index in [0.717, 1.165) is 45.4 Å². The minimum atomic E-state index is 0.125. The summed E-state index contributed by atoms with van der Waals surface area (Å²) in [6, 6.07) is 0. The monoisotopic (exact) mass is 272 g/mol. The van der Waals surface area contributed by atoms with Crippen molar-refractivity contribution in [1.82, 2.24) is 9.80 Å². The molecule has 5 heteroatoms. The molecule has 2 rings (SSSR count). The first-order valence-electron chi connectivity index (χ1n) is 7.59. The fourth-order valence-electron chi connectivity index (χ4n) is 3.01. The highest BCUT2D eigenvalue weighted by Gasteiger charge is 2.22. The maximum atomic E-state index is 8.67. The highest BCUT2D eigenvalue weighted by Crippen LogP contribution is 2.18. The number of aliphatic hydroxyl groups is 1. The lowest BCUT2D eigenvalue weighted by Gasteiger charge is -2.36. The Morgan fingerprint density at radius 3 is 2.74 bits per heavy atom. The van der Waals surface area contributed by atoms with Crippen LogP contribution >= 0.6 is 0 Å². The summed E-state index contributed by atoms with van der Waals surface area (Å²) in [6.45, 7) is 9.91. The van der Waals surface area contributed by atoms with Gasteiger partial charge in [0.25, 0.3) is 0 Å². The van der Waals surface area contributed by atoms with E-state index in [-0.39, 0.29) is 6.61 Å². The lowest BCUT2D eigenvalue weighted by molar-refractivity contribution is 0.0190. The SMILES string of the molecule is OCCOCCN1CCCC(CN2CCOCC2)C1. The molecule has 2 aliphatic heterocycles. The lowest BCUT2D eigenvalue weighted by Crippen LogP contribution is -2.45. The summed E-state index contributed by atoms with van der Waals surface area (Å²) in [5.41, 5.74) is 0. The van der Waals surface area contributed by atoms with Crippen molar-refractivity contribution < 1.29 is 14.6 Å². The van der Waals surface area contributed by atoms with Gasteiger partial charge in [0.2, 0.25) is 0 Å². The van der Waals surface area contributed by atoms with Crippen LogP contribution in [0.25, 0.3) is 0 Å². The highest BCUT2D eigenvalue weighted by molar-refractivity contribution is 4.76. The maximum absolute atomic E-state index is 8.67. The average molecular weight is 272 g/mol. The van der Waals surface area contributed by atoms with Gasteiger partial charge >= 0.3 is 0 Å². The van der Waals surface area contributed by atoms with E-state index in [1.165, 1.54) is 32.5 Å². The minimum Gasteiger partial charge on any atom is -0.394 e. The molecule has 2 heterocycles. The number of aliphatic hydroxyl groups excluding tert-OH is 1. The normalized spacial score (nSPS) is 26.7. The van der Waals surface area contributed by atoms with Crippen LogP contribution in [0.1, 0.15) is 12.8 Å². The van der Waals surface area contributed by atoms with E-state index in [4.69, 9.17) is 14.6 Å². The zero-order valence-corrected chi connectivity index (χ0v) is 11.9. The molecule has 1 unspecified atom stereocenters. The van der Waals surface area contributed by atoms with Crippen LogP contribution in [-0.4, -0.2) is 87.2 Å². The number of hydrogen-bond acceptors (Lipinski definition) is 5. The zero-order chi connectivity index (χ0) is 13.3. The second-order valence-corrected chi connectivity index (χ2v) is 5.56. The Morgan fingerprint density at radius 2 is 1.95 bits per heavy atom. The first kappa shape index (κ1) is 15.2. The third-order valence-corrected chi connectivity index (χ3v) is 4.01. The minimum absolute atomic E-state index is 0.125. The molecule has 0 aromatic heterocycles. The molecule has 0 aromatic carbocycles. The van der Waals surface area contributed by atoms with Gasteiger partial charge in [0.15, 0.2) is 0 Å². The predicted octanol–water partition coefficient (Wildman–Crippen LogP) is 0.0395. The molecule has 0 radical (unpaired) electrons. The Bertz CT molecular complexity index is 235. The van der Waals surface area contributed by atoms with Crippen LogP contribution in [0.3, 0.4) is 0 Å². The first-order valence-corrected chi connectivity index (χ1v) is 7.59. The Balaban J connectivity index is 1.62. The molecule has 2 fully saturated rings. The number of likely N-dealkylation sites (tertiary alicyclic amines) is 1. The van der Waals surface area contributed by atoms with Gasteiger partial charge in [0.1, 0.15) is 0 Å². The van der Waals surface area contributed by atoms with Crippen molar-refractivity contribution in [3.8, 4) is 0 Å². The van der Waals surface area contributed by atoms with Crippen molar-refractivity contribution in [2.45, 2.75) is 12.8 Å². The van der Waals surface area contributed by atoms with Gasteiger partial charge in [-0.3, -0.25) is 4.90 Å². The van der Waals surface area contributed by atoms with E-state index in [1.807, 2.05) is 0 Å². The summed E-state index contributed by atoms with van der Waals surface area (Å²) in [5, 5.41) is 8.67. The number of hydrogen-bond donors (Lipinski definition) is 1. The Morgan fingerprint density at radius 1 is 1.11 bits per heavy atom. The van der Waals surface area contributed by atoms with E-state index in [1.54, 1.807) is 0 Å². The summed E-state index contributed by atoms with van der Waals surface area (Å²) in [7, 11) is 0. The molecule has 0 aromatic rings. The fraction of sp³-hybridized carbons (Fsp3) is 1.00. The molecule has 0 spiro atoms. The molecule has 2 saturated heterocycles. The standard InChI is InChI=1S/C14H28N2O3/c17-7-11-19-10-4-15-3-1-2-14(12-15)13-16-5-8-18-9-6-16/h14,17H,1-13H2. The van der Waals surface area contributed by atoms with E-state index in [0.29, 0.717) is 6.61 Å². The van der Waals surface area contributed by atoms with Gasteiger partial charge in [0, 0.05) is 32.7 Å². The van der Waals surface area contributed by atoms with E-state index < -0.39 is 0 Å². The summed E-state index contributed by atoms with van der Waals surface area (Å²) in [4.78, 5) is 5.05. The quantitative estimate of drug-likeness (QED) is 0.663. The molecule has 2 aliphatic rings. The number of piperidine rings is 1. The van der Waals surface area contributed by atoms with Crippen LogP contribution in [-0.2, 0) is 9.47 Å². The fourth-order valence-corrected chi connectivity index (χ4v) is 3.01. The first-order chi connectivity index (χ1) is 9.38. The topological polar surface area (TPSA) is 45.2 Å². The molecular formula is C14H28N2O3. The third-order valence-electron chi connectivity index (χ3n) is 4.01. The molecule has 112 valence electrons. The van der Waals surface area contributed by atoms with Crippen LogP contribution in [0.5, 0.6) is 0 Å². The summed E-state index contributed by atoms with van der Waals surface area (Å²) >= 11 is 0. The molecule has 1 atom stereocenters. The summed E-state index contributed by atoms with van der Waals surface area (Å²) in [6.07, 6.45) is 2.65. The molecule has 5 nitrogen and oxygen atoms in total. The van der Waals surface area contributed by atoms with Crippen LogP contribution in [0, 0.1) is 5.92 Å². The second-order valence-electron chi connectivity index (χ2n) is 5.56. The highest BCUT2D eigenvalue weighted by atomic mass is 16.5.